The molecular weight excluding hydrogens is 606 g/mol. The largest absolute Gasteiger partial charge is 0.778 e. The fourth-order valence-electron chi connectivity index (χ4n) is 4.51. The predicted molar refractivity (Wildman–Crippen MR) is 150 cm³/mol. The molecule has 222 valence electrons. The molecule has 4 aromatic rings. The maximum Gasteiger partial charge on any atom is 0.350 e. The number of phosphoric ester groups is 1. The van der Waals surface area contributed by atoms with Gasteiger partial charge in [-0.05, 0) is 28.0 Å². The van der Waals surface area contributed by atoms with E-state index < -0.39 is 58.4 Å². The molecule has 0 aliphatic carbocycles. The van der Waals surface area contributed by atoms with Gasteiger partial charge in [-0.2, -0.15) is 4.98 Å². The Morgan fingerprint density at radius 1 is 0.952 bits per heavy atom. The minimum Gasteiger partial charge on any atom is -0.778 e. The molecule has 15 heteroatoms. The van der Waals surface area contributed by atoms with Crippen LogP contribution in [0.5, 0.6) is 0 Å². The van der Waals surface area contributed by atoms with E-state index in [1.807, 2.05) is 30.3 Å². The number of phosphoric acid groups is 1. The van der Waals surface area contributed by atoms with Crippen molar-refractivity contribution < 1.29 is 42.7 Å². The van der Waals surface area contributed by atoms with Gasteiger partial charge in [-0.1, -0.05) is 72.8 Å². The molecule has 0 radical (unpaired) electrons. The van der Waals surface area contributed by atoms with Gasteiger partial charge in [-0.3, -0.25) is 13.4 Å². The molecule has 0 spiro atoms. The van der Waals surface area contributed by atoms with E-state index in [4.69, 9.17) is 9.26 Å². The van der Waals surface area contributed by atoms with Gasteiger partial charge in [0.15, 0.2) is 6.23 Å². The smallest absolute Gasteiger partial charge is 0.350 e. The molecule has 1 aliphatic heterocycles. The highest BCUT2D eigenvalue weighted by Gasteiger charge is 2.44. The highest BCUT2D eigenvalue weighted by atomic mass is 32.2. The standard InChI is InChI=1S/C27H28N2O10P2S/c30-24-22(15-37-41(35,36)39-40(33,34)16-20-11-6-10-19-9-4-5-12-21(19)20)38-26(25(24)31)29-14-13-23(28-27(29)32)42-17-18-7-2-1-3-8-18/h1-14,22,24-26,30-31H,15-17H2,(H,33,34)(H,35,36)/p-2/t22-,24?,25+,26-/m1/s1. The van der Waals surface area contributed by atoms with Crippen LogP contribution in [0.1, 0.15) is 17.4 Å². The van der Waals surface area contributed by atoms with Gasteiger partial charge in [0, 0.05) is 18.1 Å². The zero-order valence-electron chi connectivity index (χ0n) is 21.9. The number of benzene rings is 3. The number of rotatable bonds is 11. The Morgan fingerprint density at radius 3 is 2.43 bits per heavy atom. The summed E-state index contributed by atoms with van der Waals surface area (Å²) in [6.45, 7) is -0.878. The molecule has 0 amide bonds. The van der Waals surface area contributed by atoms with Crippen molar-refractivity contribution in [2.75, 3.05) is 6.61 Å². The van der Waals surface area contributed by atoms with Crippen LogP contribution in [-0.4, -0.2) is 44.7 Å². The van der Waals surface area contributed by atoms with Crippen molar-refractivity contribution in [2.45, 2.75) is 41.5 Å². The zero-order valence-corrected chi connectivity index (χ0v) is 24.5. The maximum absolute atomic E-state index is 12.7. The lowest BCUT2D eigenvalue weighted by Gasteiger charge is -2.32. The fourth-order valence-corrected chi connectivity index (χ4v) is 7.98. The quantitative estimate of drug-likeness (QED) is 0.140. The third kappa shape index (κ3) is 7.45. The molecule has 2 N–H and O–H groups in total. The summed E-state index contributed by atoms with van der Waals surface area (Å²) in [7, 11) is -10.4. The lowest BCUT2D eigenvalue weighted by Crippen LogP contribution is -2.36. The lowest BCUT2D eigenvalue weighted by molar-refractivity contribution is -0.234. The Labute approximate surface area is 244 Å². The highest BCUT2D eigenvalue weighted by molar-refractivity contribution is 7.98. The van der Waals surface area contributed by atoms with Crippen molar-refractivity contribution >= 4 is 38.0 Å². The molecule has 0 bridgehead atoms. The molecule has 42 heavy (non-hydrogen) atoms. The Bertz CT molecular complexity index is 1700. The number of aliphatic hydroxyl groups is 2. The maximum atomic E-state index is 12.7. The van der Waals surface area contributed by atoms with Gasteiger partial charge in [0.1, 0.15) is 30.9 Å². The summed E-state index contributed by atoms with van der Waals surface area (Å²) in [5.74, 6) is 0.577. The Morgan fingerprint density at radius 2 is 1.67 bits per heavy atom. The van der Waals surface area contributed by atoms with Gasteiger partial charge in [0.25, 0.3) is 7.82 Å². The molecule has 0 saturated carbocycles. The Hall–Kier alpha value is -2.67. The number of thioether (sulfide) groups is 1. The molecular formula is C27H26N2O10P2S-2. The number of hydrogen-bond acceptors (Lipinski definition) is 12. The van der Waals surface area contributed by atoms with Gasteiger partial charge in [-0.25, -0.2) is 4.79 Å². The van der Waals surface area contributed by atoms with Crippen LogP contribution in [0.2, 0.25) is 0 Å². The minimum atomic E-state index is -5.43. The summed E-state index contributed by atoms with van der Waals surface area (Å²) < 4.78 is 40.6. The van der Waals surface area contributed by atoms with Gasteiger partial charge < -0.3 is 33.8 Å². The van der Waals surface area contributed by atoms with E-state index in [1.165, 1.54) is 18.0 Å². The first-order valence-corrected chi connectivity index (χ1v) is 16.9. The predicted octanol–water partition coefficient (Wildman–Crippen LogP) is 2.56. The van der Waals surface area contributed by atoms with Gasteiger partial charge in [0.2, 0.25) is 0 Å². The van der Waals surface area contributed by atoms with Crippen LogP contribution in [0.15, 0.2) is 94.9 Å². The van der Waals surface area contributed by atoms with E-state index in [2.05, 4.69) is 9.29 Å². The third-order valence-electron chi connectivity index (χ3n) is 6.51. The van der Waals surface area contributed by atoms with Gasteiger partial charge in [-0.15, -0.1) is 11.8 Å². The van der Waals surface area contributed by atoms with Gasteiger partial charge >= 0.3 is 5.69 Å². The van der Waals surface area contributed by atoms with E-state index in [0.29, 0.717) is 21.7 Å². The third-order valence-corrected chi connectivity index (χ3v) is 10.5. The van der Waals surface area contributed by atoms with E-state index in [-0.39, 0.29) is 0 Å². The van der Waals surface area contributed by atoms with Crippen LogP contribution in [0.3, 0.4) is 0 Å². The molecule has 1 saturated heterocycles. The van der Waals surface area contributed by atoms with Crippen LogP contribution >= 0.6 is 27.2 Å². The molecule has 3 aromatic carbocycles. The van der Waals surface area contributed by atoms with Crippen LogP contribution in [-0.2, 0) is 34.6 Å². The first-order chi connectivity index (χ1) is 20.0. The summed E-state index contributed by atoms with van der Waals surface area (Å²) in [4.78, 5) is 41.6. The van der Waals surface area contributed by atoms with E-state index in [1.54, 1.807) is 48.5 Å². The number of aromatic nitrogens is 2. The SMILES string of the molecule is O=c1nc(SCc2ccccc2)ccn1[C@@H]1O[C@H](COP(=O)([O-])OP(=O)([O-])Cc2cccc3ccccc23)C(O)[C@@H]1O. The van der Waals surface area contributed by atoms with Crippen LogP contribution in [0, 0.1) is 0 Å². The van der Waals surface area contributed by atoms with Crippen LogP contribution in [0.4, 0.5) is 0 Å². The van der Waals surface area contributed by atoms with Crippen LogP contribution < -0.4 is 15.5 Å². The van der Waals surface area contributed by atoms with Crippen molar-refractivity contribution in [3.8, 4) is 0 Å². The summed E-state index contributed by atoms with van der Waals surface area (Å²) in [6, 6.07) is 23.1. The molecule has 5 rings (SSSR count). The number of nitrogens with zero attached hydrogens (tertiary/aromatic N) is 2. The van der Waals surface area contributed by atoms with Crippen molar-refractivity contribution in [2.24, 2.45) is 0 Å². The monoisotopic (exact) mass is 632 g/mol. The Kier molecular flexibility index (Phi) is 9.46. The Balaban J connectivity index is 1.19. The van der Waals surface area contributed by atoms with Gasteiger partial charge in [0.05, 0.1) is 6.61 Å². The molecule has 3 unspecified atom stereocenters. The first kappa shape index (κ1) is 30.8. The number of hydrogen-bond donors (Lipinski definition) is 2. The van der Waals surface area contributed by atoms with E-state index in [0.717, 1.165) is 15.5 Å². The second-order valence-electron chi connectivity index (χ2n) is 9.51. The average Bonchev–Trinajstić information content (AvgIpc) is 3.24. The molecule has 2 heterocycles. The van der Waals surface area contributed by atoms with Crippen molar-refractivity contribution in [3.63, 3.8) is 0 Å². The lowest BCUT2D eigenvalue weighted by atomic mass is 10.1. The van der Waals surface area contributed by atoms with Crippen LogP contribution in [0.25, 0.3) is 10.8 Å². The normalized spacial score (nSPS) is 23.4. The minimum absolute atomic E-state index is 0.343. The topological polar surface area (TPSA) is 183 Å². The molecule has 1 aliphatic rings. The van der Waals surface area contributed by atoms with E-state index >= 15 is 0 Å². The second-order valence-corrected chi connectivity index (χ2v) is 13.8. The summed E-state index contributed by atoms with van der Waals surface area (Å²) in [5.41, 5.74) is 0.621. The van der Waals surface area contributed by atoms with Crippen molar-refractivity contribution in [1.29, 1.82) is 0 Å². The molecule has 1 aromatic heterocycles. The molecule has 6 atom stereocenters. The number of fused-ring (bicyclic) bond motifs is 1. The second kappa shape index (κ2) is 12.9. The molecule has 12 nitrogen and oxygen atoms in total. The fraction of sp³-hybridized carbons (Fsp3) is 0.259. The number of aliphatic hydroxyl groups excluding tert-OH is 2. The molecule has 1 fully saturated rings. The summed E-state index contributed by atoms with van der Waals surface area (Å²) >= 11 is 1.33. The van der Waals surface area contributed by atoms with E-state index in [9.17, 15) is 33.9 Å². The van der Waals surface area contributed by atoms with Crippen molar-refractivity contribution in [3.05, 3.63) is 107 Å². The number of ether oxygens (including phenoxy) is 1. The van der Waals surface area contributed by atoms with Crippen molar-refractivity contribution in [1.82, 2.24) is 9.55 Å². The summed E-state index contributed by atoms with van der Waals surface area (Å²) in [5, 5.41) is 22.7. The average molecular weight is 633 g/mol. The zero-order chi connectivity index (χ0) is 29.9. The first-order valence-electron chi connectivity index (χ1n) is 12.7. The highest BCUT2D eigenvalue weighted by Crippen LogP contribution is 2.57. The summed E-state index contributed by atoms with van der Waals surface area (Å²) in [6.07, 6.45) is -5.49.